The summed E-state index contributed by atoms with van der Waals surface area (Å²) in [6.07, 6.45) is 7.18. The summed E-state index contributed by atoms with van der Waals surface area (Å²) in [5.41, 5.74) is 3.11. The summed E-state index contributed by atoms with van der Waals surface area (Å²) in [7, 11) is 0. The van der Waals surface area contributed by atoms with Crippen LogP contribution in [0.3, 0.4) is 0 Å². The molecule has 1 saturated heterocycles. The highest BCUT2D eigenvalue weighted by molar-refractivity contribution is 5.40. The molecule has 5 heteroatoms. The summed E-state index contributed by atoms with van der Waals surface area (Å²) >= 11 is 0. The zero-order valence-electron chi connectivity index (χ0n) is 14.0. The standard InChI is InChI=1S/C18H25N5/c1-14-11-15(2)22-18(21-14)20-13-16-7-8-17(19-12-16)23-9-5-3-4-6-10-23/h7-8,11-12H,3-6,9-10,13H2,1-2H3,(H,20,21,22). The number of aryl methyl sites for hydroxylation is 2. The third-order valence-electron chi connectivity index (χ3n) is 4.17. The van der Waals surface area contributed by atoms with E-state index in [1.54, 1.807) is 0 Å². The van der Waals surface area contributed by atoms with Crippen LogP contribution in [0.5, 0.6) is 0 Å². The number of aromatic nitrogens is 3. The topological polar surface area (TPSA) is 53.9 Å². The van der Waals surface area contributed by atoms with Crippen LogP contribution in [-0.4, -0.2) is 28.0 Å². The lowest BCUT2D eigenvalue weighted by molar-refractivity contribution is 0.726. The van der Waals surface area contributed by atoms with E-state index in [2.05, 4.69) is 37.3 Å². The number of rotatable bonds is 4. The first-order chi connectivity index (χ1) is 11.2. The van der Waals surface area contributed by atoms with E-state index < -0.39 is 0 Å². The lowest BCUT2D eigenvalue weighted by atomic mass is 10.2. The van der Waals surface area contributed by atoms with E-state index in [-0.39, 0.29) is 0 Å². The third kappa shape index (κ3) is 4.41. The van der Waals surface area contributed by atoms with Gasteiger partial charge in [-0.05, 0) is 44.4 Å². The van der Waals surface area contributed by atoms with E-state index in [9.17, 15) is 0 Å². The van der Waals surface area contributed by atoms with Crippen molar-refractivity contribution in [3.8, 4) is 0 Å². The van der Waals surface area contributed by atoms with Crippen LogP contribution in [0.1, 0.15) is 42.6 Å². The van der Waals surface area contributed by atoms with Crippen molar-refractivity contribution >= 4 is 11.8 Å². The number of hydrogen-bond donors (Lipinski definition) is 1. The molecule has 1 N–H and O–H groups in total. The Morgan fingerprint density at radius 2 is 1.70 bits per heavy atom. The molecule has 0 aromatic carbocycles. The Kier molecular flexibility index (Phi) is 5.05. The minimum atomic E-state index is 0.680. The average Bonchev–Trinajstić information content (AvgIpc) is 2.82. The van der Waals surface area contributed by atoms with Crippen molar-refractivity contribution in [2.45, 2.75) is 46.1 Å². The molecule has 1 aliphatic rings. The molecule has 0 saturated carbocycles. The van der Waals surface area contributed by atoms with Crippen LogP contribution in [0.4, 0.5) is 11.8 Å². The molecule has 5 nitrogen and oxygen atoms in total. The van der Waals surface area contributed by atoms with Crippen molar-refractivity contribution in [2.75, 3.05) is 23.3 Å². The lowest BCUT2D eigenvalue weighted by Gasteiger charge is -2.21. The van der Waals surface area contributed by atoms with E-state index in [4.69, 9.17) is 0 Å². The van der Waals surface area contributed by atoms with E-state index in [1.807, 2.05) is 26.1 Å². The molecule has 0 atom stereocenters. The Balaban J connectivity index is 1.60. The summed E-state index contributed by atoms with van der Waals surface area (Å²) in [5.74, 6) is 1.78. The molecule has 2 aromatic heterocycles. The molecule has 23 heavy (non-hydrogen) atoms. The second-order valence-corrected chi connectivity index (χ2v) is 6.25. The van der Waals surface area contributed by atoms with Crippen molar-refractivity contribution in [1.82, 2.24) is 15.0 Å². The van der Waals surface area contributed by atoms with Crippen LogP contribution in [0.2, 0.25) is 0 Å². The van der Waals surface area contributed by atoms with Gasteiger partial charge in [-0.1, -0.05) is 18.9 Å². The Labute approximate surface area is 138 Å². The number of pyridine rings is 1. The molecule has 0 aliphatic carbocycles. The maximum absolute atomic E-state index is 4.64. The Morgan fingerprint density at radius 3 is 2.30 bits per heavy atom. The smallest absolute Gasteiger partial charge is 0.223 e. The first-order valence-corrected chi connectivity index (χ1v) is 8.47. The minimum Gasteiger partial charge on any atom is -0.357 e. The van der Waals surface area contributed by atoms with Crippen LogP contribution in [-0.2, 0) is 6.54 Å². The van der Waals surface area contributed by atoms with Gasteiger partial charge in [0.05, 0.1) is 0 Å². The second kappa shape index (κ2) is 7.40. The van der Waals surface area contributed by atoms with Gasteiger partial charge in [-0.25, -0.2) is 15.0 Å². The Morgan fingerprint density at radius 1 is 1.00 bits per heavy atom. The van der Waals surface area contributed by atoms with Crippen LogP contribution >= 0.6 is 0 Å². The minimum absolute atomic E-state index is 0.680. The fraction of sp³-hybridized carbons (Fsp3) is 0.500. The second-order valence-electron chi connectivity index (χ2n) is 6.25. The van der Waals surface area contributed by atoms with Crippen LogP contribution in [0, 0.1) is 13.8 Å². The average molecular weight is 311 g/mol. The highest BCUT2D eigenvalue weighted by Crippen LogP contribution is 2.17. The number of hydrogen-bond acceptors (Lipinski definition) is 5. The highest BCUT2D eigenvalue weighted by Gasteiger charge is 2.10. The molecular formula is C18H25N5. The molecule has 3 rings (SSSR count). The maximum Gasteiger partial charge on any atom is 0.223 e. The van der Waals surface area contributed by atoms with Gasteiger partial charge in [0.15, 0.2) is 0 Å². The van der Waals surface area contributed by atoms with E-state index in [0.717, 1.165) is 35.9 Å². The van der Waals surface area contributed by atoms with Gasteiger partial charge >= 0.3 is 0 Å². The van der Waals surface area contributed by atoms with Crippen LogP contribution in [0.15, 0.2) is 24.4 Å². The highest BCUT2D eigenvalue weighted by atomic mass is 15.2. The van der Waals surface area contributed by atoms with Gasteiger partial charge in [-0.2, -0.15) is 0 Å². The summed E-state index contributed by atoms with van der Waals surface area (Å²) in [5, 5.41) is 3.28. The molecular weight excluding hydrogens is 286 g/mol. The molecule has 0 spiro atoms. The Hall–Kier alpha value is -2.17. The summed E-state index contributed by atoms with van der Waals surface area (Å²) < 4.78 is 0. The van der Waals surface area contributed by atoms with Gasteiger partial charge in [-0.15, -0.1) is 0 Å². The van der Waals surface area contributed by atoms with Crippen molar-refractivity contribution < 1.29 is 0 Å². The van der Waals surface area contributed by atoms with Gasteiger partial charge in [0.2, 0.25) is 5.95 Å². The SMILES string of the molecule is Cc1cc(C)nc(NCc2ccc(N3CCCCCC3)nc2)n1. The maximum atomic E-state index is 4.64. The van der Waals surface area contributed by atoms with E-state index >= 15 is 0 Å². The summed E-state index contributed by atoms with van der Waals surface area (Å²) in [6, 6.07) is 6.25. The molecule has 0 amide bonds. The van der Waals surface area contributed by atoms with Gasteiger partial charge in [-0.3, -0.25) is 0 Å². The van der Waals surface area contributed by atoms with E-state index in [1.165, 1.54) is 25.7 Å². The predicted octanol–water partition coefficient (Wildman–Crippen LogP) is 3.48. The lowest BCUT2D eigenvalue weighted by Crippen LogP contribution is -2.24. The summed E-state index contributed by atoms with van der Waals surface area (Å²) in [6.45, 7) is 6.91. The fourth-order valence-corrected chi connectivity index (χ4v) is 2.99. The van der Waals surface area contributed by atoms with E-state index in [0.29, 0.717) is 12.5 Å². The van der Waals surface area contributed by atoms with Gasteiger partial charge in [0.25, 0.3) is 0 Å². The Bertz CT molecular complexity index is 610. The number of anilines is 2. The van der Waals surface area contributed by atoms with Crippen molar-refractivity contribution in [3.63, 3.8) is 0 Å². The molecule has 122 valence electrons. The van der Waals surface area contributed by atoms with Gasteiger partial charge in [0, 0.05) is 37.2 Å². The number of nitrogens with one attached hydrogen (secondary N) is 1. The van der Waals surface area contributed by atoms with Crippen molar-refractivity contribution in [3.05, 3.63) is 41.3 Å². The van der Waals surface area contributed by atoms with Gasteiger partial charge < -0.3 is 10.2 Å². The number of nitrogens with zero attached hydrogens (tertiary/aromatic N) is 4. The first kappa shape index (κ1) is 15.7. The van der Waals surface area contributed by atoms with Crippen molar-refractivity contribution in [2.24, 2.45) is 0 Å². The quantitative estimate of drug-likeness (QED) is 0.937. The third-order valence-corrected chi connectivity index (χ3v) is 4.17. The zero-order valence-corrected chi connectivity index (χ0v) is 14.0. The first-order valence-electron chi connectivity index (χ1n) is 8.47. The monoisotopic (exact) mass is 311 g/mol. The molecule has 0 radical (unpaired) electrons. The fourth-order valence-electron chi connectivity index (χ4n) is 2.99. The molecule has 1 fully saturated rings. The summed E-state index contributed by atoms with van der Waals surface area (Å²) in [4.78, 5) is 15.8. The largest absolute Gasteiger partial charge is 0.357 e. The molecule has 1 aliphatic heterocycles. The molecule has 2 aromatic rings. The zero-order chi connectivity index (χ0) is 16.1. The van der Waals surface area contributed by atoms with Gasteiger partial charge in [0.1, 0.15) is 5.82 Å². The molecule has 3 heterocycles. The van der Waals surface area contributed by atoms with Crippen molar-refractivity contribution in [1.29, 1.82) is 0 Å². The molecule has 0 unspecified atom stereocenters. The predicted molar refractivity (Wildman–Crippen MR) is 93.8 cm³/mol. The van der Waals surface area contributed by atoms with Crippen LogP contribution in [0.25, 0.3) is 0 Å². The normalized spacial score (nSPS) is 15.3. The molecule has 0 bridgehead atoms. The van der Waals surface area contributed by atoms with Crippen LogP contribution < -0.4 is 10.2 Å².